The molecule has 0 spiro atoms. The van der Waals surface area contributed by atoms with E-state index in [1.807, 2.05) is 0 Å². The third-order valence-corrected chi connectivity index (χ3v) is 2.16. The molecule has 88 valence electrons. The second-order valence-electron chi connectivity index (χ2n) is 3.19. The van der Waals surface area contributed by atoms with Crippen molar-refractivity contribution in [3.8, 4) is 0 Å². The van der Waals surface area contributed by atoms with Crippen molar-refractivity contribution in [2.24, 2.45) is 0 Å². The summed E-state index contributed by atoms with van der Waals surface area (Å²) in [6.07, 6.45) is 0.338. The second-order valence-corrected chi connectivity index (χ2v) is 3.88. The summed E-state index contributed by atoms with van der Waals surface area (Å²) in [4.78, 5) is 16.6. The van der Waals surface area contributed by atoms with E-state index in [4.69, 9.17) is 23.2 Å². The Balaban J connectivity index is 2.49. The monoisotopic (exact) mass is 263 g/mol. The van der Waals surface area contributed by atoms with Crippen molar-refractivity contribution in [1.82, 2.24) is 20.1 Å². The maximum Gasteiger partial charge on any atom is 0.245 e. The molecular formula is C8H11Cl2N5O. The first-order valence-electron chi connectivity index (χ1n) is 4.50. The fourth-order valence-corrected chi connectivity index (χ4v) is 1.19. The lowest BCUT2D eigenvalue weighted by Gasteiger charge is -2.10. The SMILES string of the molecule is CN(C)C(=O)CCNc1nc(Cl)nnc1Cl. The zero-order valence-corrected chi connectivity index (χ0v) is 10.4. The maximum atomic E-state index is 11.3. The van der Waals surface area contributed by atoms with Gasteiger partial charge < -0.3 is 10.2 Å². The van der Waals surface area contributed by atoms with E-state index in [2.05, 4.69) is 20.5 Å². The van der Waals surface area contributed by atoms with E-state index in [9.17, 15) is 4.79 Å². The average Bonchev–Trinajstić information content (AvgIpc) is 2.22. The highest BCUT2D eigenvalue weighted by atomic mass is 35.5. The van der Waals surface area contributed by atoms with E-state index in [-0.39, 0.29) is 16.3 Å². The molecule has 0 aliphatic heterocycles. The van der Waals surface area contributed by atoms with Crippen molar-refractivity contribution in [1.29, 1.82) is 0 Å². The summed E-state index contributed by atoms with van der Waals surface area (Å²) in [5, 5.41) is 10.0. The molecule has 8 heteroatoms. The van der Waals surface area contributed by atoms with Crippen molar-refractivity contribution in [3.63, 3.8) is 0 Å². The van der Waals surface area contributed by atoms with Crippen LogP contribution in [0.15, 0.2) is 0 Å². The number of halogens is 2. The molecular weight excluding hydrogens is 253 g/mol. The summed E-state index contributed by atoms with van der Waals surface area (Å²) in [5.41, 5.74) is 0. The van der Waals surface area contributed by atoms with E-state index >= 15 is 0 Å². The molecule has 0 saturated carbocycles. The Morgan fingerprint density at radius 2 is 2.06 bits per heavy atom. The molecule has 16 heavy (non-hydrogen) atoms. The first-order valence-corrected chi connectivity index (χ1v) is 5.26. The predicted molar refractivity (Wildman–Crippen MR) is 61.6 cm³/mol. The van der Waals surface area contributed by atoms with E-state index in [1.54, 1.807) is 14.1 Å². The molecule has 0 fully saturated rings. The Labute approximate surface area is 103 Å². The van der Waals surface area contributed by atoms with Gasteiger partial charge in [0.2, 0.25) is 11.2 Å². The van der Waals surface area contributed by atoms with Crippen LogP contribution in [0.1, 0.15) is 6.42 Å². The van der Waals surface area contributed by atoms with Crippen LogP contribution in [0.4, 0.5) is 5.82 Å². The van der Waals surface area contributed by atoms with Crippen molar-refractivity contribution in [2.45, 2.75) is 6.42 Å². The minimum Gasteiger partial charge on any atom is -0.367 e. The Morgan fingerprint density at radius 1 is 1.38 bits per heavy atom. The van der Waals surface area contributed by atoms with Crippen molar-refractivity contribution in [3.05, 3.63) is 10.4 Å². The molecule has 0 radical (unpaired) electrons. The van der Waals surface area contributed by atoms with Gasteiger partial charge in [-0.15, -0.1) is 10.2 Å². The quantitative estimate of drug-likeness (QED) is 0.880. The van der Waals surface area contributed by atoms with Crippen LogP contribution in [-0.4, -0.2) is 46.6 Å². The number of hydrogen-bond acceptors (Lipinski definition) is 5. The molecule has 0 saturated heterocycles. The molecule has 0 aliphatic rings. The van der Waals surface area contributed by atoms with Crippen LogP contribution in [0.25, 0.3) is 0 Å². The summed E-state index contributed by atoms with van der Waals surface area (Å²) in [5.74, 6) is 0.338. The largest absolute Gasteiger partial charge is 0.367 e. The smallest absolute Gasteiger partial charge is 0.245 e. The molecule has 1 rings (SSSR count). The number of nitrogens with one attached hydrogen (secondary N) is 1. The summed E-state index contributed by atoms with van der Waals surface area (Å²) < 4.78 is 0. The highest BCUT2D eigenvalue weighted by molar-refractivity contribution is 6.32. The molecule has 0 aliphatic carbocycles. The van der Waals surface area contributed by atoms with Gasteiger partial charge in [0.15, 0.2) is 11.0 Å². The van der Waals surface area contributed by atoms with Crippen LogP contribution < -0.4 is 5.32 Å². The zero-order chi connectivity index (χ0) is 12.1. The molecule has 0 bridgehead atoms. The zero-order valence-electron chi connectivity index (χ0n) is 8.87. The number of amides is 1. The molecule has 6 nitrogen and oxygen atoms in total. The van der Waals surface area contributed by atoms with Gasteiger partial charge in [-0.3, -0.25) is 4.79 Å². The van der Waals surface area contributed by atoms with Gasteiger partial charge >= 0.3 is 0 Å². The molecule has 1 aromatic rings. The summed E-state index contributed by atoms with van der Waals surface area (Å²) >= 11 is 11.3. The van der Waals surface area contributed by atoms with Crippen LogP contribution in [0, 0.1) is 0 Å². The van der Waals surface area contributed by atoms with E-state index in [0.717, 1.165) is 0 Å². The third-order valence-electron chi connectivity index (χ3n) is 1.75. The van der Waals surface area contributed by atoms with Crippen molar-refractivity contribution >= 4 is 34.9 Å². The fraction of sp³-hybridized carbons (Fsp3) is 0.500. The topological polar surface area (TPSA) is 71.0 Å². The molecule has 1 amide bonds. The summed E-state index contributed by atoms with van der Waals surface area (Å²) in [7, 11) is 3.39. The average molecular weight is 264 g/mol. The first-order chi connectivity index (χ1) is 7.50. The maximum absolute atomic E-state index is 11.3. The molecule has 1 aromatic heterocycles. The van der Waals surface area contributed by atoms with Crippen molar-refractivity contribution < 1.29 is 4.79 Å². The molecule has 1 N–H and O–H groups in total. The Bertz CT molecular complexity index is 385. The van der Waals surface area contributed by atoms with Gasteiger partial charge in [0, 0.05) is 27.1 Å². The number of anilines is 1. The lowest BCUT2D eigenvalue weighted by Crippen LogP contribution is -2.24. The highest BCUT2D eigenvalue weighted by Crippen LogP contribution is 2.16. The number of nitrogens with zero attached hydrogens (tertiary/aromatic N) is 4. The molecule has 1 heterocycles. The number of rotatable bonds is 4. The second kappa shape index (κ2) is 5.81. The normalized spacial score (nSPS) is 10.0. The Morgan fingerprint density at radius 3 is 2.69 bits per heavy atom. The lowest BCUT2D eigenvalue weighted by molar-refractivity contribution is -0.128. The van der Waals surface area contributed by atoms with Crippen LogP contribution in [0.3, 0.4) is 0 Å². The molecule has 0 atom stereocenters. The standard InChI is InChI=1S/C8H11Cl2N5O/c1-15(2)5(16)3-4-11-7-6(9)13-14-8(10)12-7/h3-4H2,1-2H3,(H,11,12,14). The number of carbonyl (C=O) groups is 1. The van der Waals surface area contributed by atoms with Crippen LogP contribution >= 0.6 is 23.2 Å². The van der Waals surface area contributed by atoms with Crippen molar-refractivity contribution in [2.75, 3.05) is 26.0 Å². The van der Waals surface area contributed by atoms with E-state index in [0.29, 0.717) is 18.8 Å². The summed E-state index contributed by atoms with van der Waals surface area (Å²) in [6, 6.07) is 0. The van der Waals surface area contributed by atoms with Gasteiger partial charge in [-0.05, 0) is 11.6 Å². The number of carbonyl (C=O) groups excluding carboxylic acids is 1. The Hall–Kier alpha value is -1.14. The minimum absolute atomic E-state index is 0.00540. The van der Waals surface area contributed by atoms with Gasteiger partial charge in [0.1, 0.15) is 0 Å². The summed E-state index contributed by atoms with van der Waals surface area (Å²) in [6.45, 7) is 0.408. The fourth-order valence-electron chi connectivity index (χ4n) is 0.917. The van der Waals surface area contributed by atoms with E-state index < -0.39 is 0 Å². The van der Waals surface area contributed by atoms with Gasteiger partial charge in [-0.1, -0.05) is 11.6 Å². The van der Waals surface area contributed by atoms with Gasteiger partial charge in [-0.2, -0.15) is 4.98 Å². The highest BCUT2D eigenvalue weighted by Gasteiger charge is 2.07. The van der Waals surface area contributed by atoms with Gasteiger partial charge in [-0.25, -0.2) is 0 Å². The van der Waals surface area contributed by atoms with Crippen LogP contribution in [0.2, 0.25) is 10.4 Å². The number of hydrogen-bond donors (Lipinski definition) is 1. The molecule has 0 aromatic carbocycles. The number of aromatic nitrogens is 3. The third kappa shape index (κ3) is 3.79. The van der Waals surface area contributed by atoms with Gasteiger partial charge in [0.25, 0.3) is 0 Å². The van der Waals surface area contributed by atoms with Gasteiger partial charge in [0.05, 0.1) is 0 Å². The first kappa shape index (κ1) is 12.9. The van der Waals surface area contributed by atoms with Crippen LogP contribution in [0.5, 0.6) is 0 Å². The lowest BCUT2D eigenvalue weighted by atomic mass is 10.4. The van der Waals surface area contributed by atoms with Crippen LogP contribution in [-0.2, 0) is 4.79 Å². The molecule has 0 unspecified atom stereocenters. The predicted octanol–water partition coefficient (Wildman–Crippen LogP) is 1.07. The Kier molecular flexibility index (Phi) is 4.70. The van der Waals surface area contributed by atoms with E-state index in [1.165, 1.54) is 4.90 Å². The minimum atomic E-state index is 0.00540.